The number of fused-ring (bicyclic) bond motifs is 5. The maximum absolute atomic E-state index is 12.7. The number of nitrogens with zero attached hydrogens (tertiary/aromatic N) is 3. The van der Waals surface area contributed by atoms with E-state index in [0.717, 1.165) is 43.6 Å². The Morgan fingerprint density at radius 2 is 1.50 bits per heavy atom. The van der Waals surface area contributed by atoms with Gasteiger partial charge >= 0.3 is 0 Å². The summed E-state index contributed by atoms with van der Waals surface area (Å²) in [5.41, 5.74) is 0. The highest BCUT2D eigenvalue weighted by atomic mass is 16.2. The first kappa shape index (κ1) is 23.3. The molecule has 1 saturated carbocycles. The van der Waals surface area contributed by atoms with Crippen LogP contribution in [-0.2, 0) is 9.59 Å². The summed E-state index contributed by atoms with van der Waals surface area (Å²) in [5.74, 6) is 2.93. The number of carbonyl (C=O) groups excluding carboxylic acids is 2. The van der Waals surface area contributed by atoms with Crippen molar-refractivity contribution in [3.05, 3.63) is 12.2 Å². The minimum atomic E-state index is -0.0868. The fourth-order valence-corrected chi connectivity index (χ4v) is 6.49. The van der Waals surface area contributed by atoms with Gasteiger partial charge in [0.2, 0.25) is 11.8 Å². The number of allylic oxidation sites excluding steroid dienone is 2. The number of guanidine groups is 1. The average molecular weight is 444 g/mol. The normalized spacial score (nSPS) is 34.5. The molecule has 3 fully saturated rings. The van der Waals surface area contributed by atoms with E-state index in [4.69, 9.17) is 0 Å². The molecular weight excluding hydrogens is 402 g/mol. The molecule has 4 rings (SSSR count). The first-order chi connectivity index (χ1) is 15.5. The molecule has 0 spiro atoms. The molecule has 2 aliphatic heterocycles. The van der Waals surface area contributed by atoms with Crippen LogP contribution in [0, 0.1) is 35.5 Å². The van der Waals surface area contributed by atoms with Crippen molar-refractivity contribution in [1.82, 2.24) is 20.4 Å². The summed E-state index contributed by atoms with van der Waals surface area (Å²) >= 11 is 0. The summed E-state index contributed by atoms with van der Waals surface area (Å²) in [5, 5.41) is 6.71. The maximum atomic E-state index is 12.7. The van der Waals surface area contributed by atoms with Crippen molar-refractivity contribution in [2.75, 3.05) is 46.3 Å². The summed E-state index contributed by atoms with van der Waals surface area (Å²) < 4.78 is 0. The molecule has 4 aliphatic rings. The molecule has 0 radical (unpaired) electrons. The van der Waals surface area contributed by atoms with Crippen LogP contribution in [0.5, 0.6) is 0 Å². The smallest absolute Gasteiger partial charge is 0.233 e. The minimum Gasteiger partial charge on any atom is -0.356 e. The summed E-state index contributed by atoms with van der Waals surface area (Å²) in [6.45, 7) is 10.5. The van der Waals surface area contributed by atoms with Crippen molar-refractivity contribution in [3.8, 4) is 0 Å². The number of hydrogen-bond donors (Lipinski definition) is 2. The number of unbranched alkanes of at least 4 members (excludes halogenated alkanes) is 1. The van der Waals surface area contributed by atoms with Gasteiger partial charge in [0.25, 0.3) is 0 Å². The molecule has 0 aromatic heterocycles. The topological polar surface area (TPSA) is 77.0 Å². The van der Waals surface area contributed by atoms with Crippen LogP contribution in [0.25, 0.3) is 0 Å². The molecule has 7 nitrogen and oxygen atoms in total. The molecule has 32 heavy (non-hydrogen) atoms. The Balaban J connectivity index is 1.08. The quantitative estimate of drug-likeness (QED) is 0.188. The number of nitrogens with one attached hydrogen (secondary N) is 2. The van der Waals surface area contributed by atoms with Crippen LogP contribution in [0.1, 0.15) is 46.0 Å². The van der Waals surface area contributed by atoms with Gasteiger partial charge in [-0.1, -0.05) is 26.0 Å². The van der Waals surface area contributed by atoms with E-state index in [2.05, 4.69) is 46.5 Å². The zero-order valence-electron chi connectivity index (χ0n) is 20.1. The third kappa shape index (κ3) is 5.03. The standard InChI is InChI=1S/C25H41N5O2/c1-17-13-18(2)16-29(15-17)11-5-4-9-27-25(26-3)28-10-6-12-30-23(31)21-19-7-8-20(14-19)22(21)24(30)32/h7-8,17-22H,4-6,9-16H2,1-3H3,(H2,26,27,28). The molecular formula is C25H41N5O2. The fraction of sp³-hybridized carbons (Fsp3) is 0.800. The van der Waals surface area contributed by atoms with Crippen LogP contribution in [0.3, 0.4) is 0 Å². The largest absolute Gasteiger partial charge is 0.356 e. The van der Waals surface area contributed by atoms with E-state index in [1.165, 1.54) is 37.4 Å². The van der Waals surface area contributed by atoms with Crippen molar-refractivity contribution in [1.29, 1.82) is 0 Å². The summed E-state index contributed by atoms with van der Waals surface area (Å²) in [4.78, 5) is 33.9. The molecule has 7 heteroatoms. The van der Waals surface area contributed by atoms with Gasteiger partial charge in [-0.3, -0.25) is 19.5 Å². The van der Waals surface area contributed by atoms with Gasteiger partial charge in [-0.2, -0.15) is 0 Å². The molecule has 6 unspecified atom stereocenters. The molecule has 0 aromatic rings. The Bertz CT molecular complexity index is 711. The summed E-state index contributed by atoms with van der Waals surface area (Å²) in [6.07, 6.45) is 9.69. The number of rotatable bonds is 9. The van der Waals surface area contributed by atoms with Crippen molar-refractivity contribution in [2.45, 2.75) is 46.0 Å². The lowest BCUT2D eigenvalue weighted by atomic mass is 9.85. The van der Waals surface area contributed by atoms with Crippen molar-refractivity contribution >= 4 is 17.8 Å². The number of imide groups is 1. The molecule has 2 saturated heterocycles. The zero-order valence-corrected chi connectivity index (χ0v) is 20.1. The number of aliphatic imine (C=N–C) groups is 1. The number of hydrogen-bond acceptors (Lipinski definition) is 4. The van der Waals surface area contributed by atoms with Gasteiger partial charge in [-0.25, -0.2) is 0 Å². The molecule has 2 amide bonds. The average Bonchev–Trinajstić information content (AvgIpc) is 3.43. The molecule has 178 valence electrons. The highest BCUT2D eigenvalue weighted by molar-refractivity contribution is 6.06. The van der Waals surface area contributed by atoms with E-state index in [-0.39, 0.29) is 35.5 Å². The second kappa shape index (κ2) is 10.4. The SMILES string of the molecule is CN=C(NCCCCN1CC(C)CC(C)C1)NCCCN1C(=O)C2C3C=CC(C3)C2C1=O. The second-order valence-corrected chi connectivity index (χ2v) is 10.5. The van der Waals surface area contributed by atoms with Gasteiger partial charge in [0.15, 0.2) is 5.96 Å². The van der Waals surface area contributed by atoms with Gasteiger partial charge < -0.3 is 15.5 Å². The Morgan fingerprint density at radius 1 is 0.906 bits per heavy atom. The predicted molar refractivity (Wildman–Crippen MR) is 127 cm³/mol. The highest BCUT2D eigenvalue weighted by Gasteiger charge is 2.58. The summed E-state index contributed by atoms with van der Waals surface area (Å²) in [7, 11) is 1.78. The minimum absolute atomic E-state index is 0.0526. The van der Waals surface area contributed by atoms with Crippen LogP contribution >= 0.6 is 0 Å². The third-order valence-corrected chi connectivity index (χ3v) is 7.77. The van der Waals surface area contributed by atoms with Crippen LogP contribution in [0.4, 0.5) is 0 Å². The molecule has 2 aliphatic carbocycles. The molecule has 2 heterocycles. The lowest BCUT2D eigenvalue weighted by Crippen LogP contribution is -2.41. The number of likely N-dealkylation sites (tertiary alicyclic amines) is 2. The highest BCUT2D eigenvalue weighted by Crippen LogP contribution is 2.52. The predicted octanol–water partition coefficient (Wildman–Crippen LogP) is 2.11. The number of piperidine rings is 1. The van der Waals surface area contributed by atoms with Gasteiger partial charge in [-0.15, -0.1) is 0 Å². The Kier molecular flexibility index (Phi) is 7.54. The molecule has 6 atom stereocenters. The van der Waals surface area contributed by atoms with Gasteiger partial charge in [0.1, 0.15) is 0 Å². The van der Waals surface area contributed by atoms with E-state index >= 15 is 0 Å². The van der Waals surface area contributed by atoms with Gasteiger partial charge in [-0.05, 0) is 62.3 Å². The molecule has 2 bridgehead atoms. The summed E-state index contributed by atoms with van der Waals surface area (Å²) in [6, 6.07) is 0. The van der Waals surface area contributed by atoms with Gasteiger partial charge in [0.05, 0.1) is 11.8 Å². The van der Waals surface area contributed by atoms with Crippen LogP contribution in [-0.4, -0.2) is 73.9 Å². The molecule has 0 aromatic carbocycles. The van der Waals surface area contributed by atoms with E-state index in [1.807, 2.05) is 0 Å². The third-order valence-electron chi connectivity index (χ3n) is 7.77. The lowest BCUT2D eigenvalue weighted by molar-refractivity contribution is -0.140. The van der Waals surface area contributed by atoms with Gasteiger partial charge in [0, 0.05) is 39.8 Å². The van der Waals surface area contributed by atoms with E-state index in [9.17, 15) is 9.59 Å². The fourth-order valence-electron chi connectivity index (χ4n) is 6.49. The van der Waals surface area contributed by atoms with Crippen molar-refractivity contribution in [3.63, 3.8) is 0 Å². The van der Waals surface area contributed by atoms with E-state index in [0.29, 0.717) is 13.1 Å². The first-order valence-electron chi connectivity index (χ1n) is 12.7. The van der Waals surface area contributed by atoms with Crippen LogP contribution < -0.4 is 10.6 Å². The Labute approximate surface area is 193 Å². The second-order valence-electron chi connectivity index (χ2n) is 10.5. The Morgan fingerprint density at radius 3 is 2.09 bits per heavy atom. The number of carbonyl (C=O) groups is 2. The Hall–Kier alpha value is -1.89. The maximum Gasteiger partial charge on any atom is 0.233 e. The van der Waals surface area contributed by atoms with E-state index < -0.39 is 0 Å². The first-order valence-corrected chi connectivity index (χ1v) is 12.7. The lowest BCUT2D eigenvalue weighted by Gasteiger charge is -2.34. The zero-order chi connectivity index (χ0) is 22.7. The van der Waals surface area contributed by atoms with E-state index in [1.54, 1.807) is 7.05 Å². The van der Waals surface area contributed by atoms with Crippen molar-refractivity contribution in [2.24, 2.45) is 40.5 Å². The van der Waals surface area contributed by atoms with Crippen molar-refractivity contribution < 1.29 is 9.59 Å². The molecule has 2 N–H and O–H groups in total. The number of amides is 2. The monoisotopic (exact) mass is 443 g/mol. The van der Waals surface area contributed by atoms with Crippen LogP contribution in [0.2, 0.25) is 0 Å². The van der Waals surface area contributed by atoms with Crippen LogP contribution in [0.15, 0.2) is 17.1 Å².